The van der Waals surface area contributed by atoms with Crippen molar-refractivity contribution in [2.75, 3.05) is 6.54 Å². The third-order valence-electron chi connectivity index (χ3n) is 7.00. The van der Waals surface area contributed by atoms with Crippen LogP contribution in [0.5, 0.6) is 0 Å². The van der Waals surface area contributed by atoms with E-state index in [-0.39, 0.29) is 0 Å². The first-order chi connectivity index (χ1) is 16.0. The van der Waals surface area contributed by atoms with Gasteiger partial charge in [0.2, 0.25) is 0 Å². The Hall–Kier alpha value is -2.36. The van der Waals surface area contributed by atoms with E-state index in [0.29, 0.717) is 12.0 Å². The first-order valence-corrected chi connectivity index (χ1v) is 12.9. The number of aryl methyl sites for hydroxylation is 1. The summed E-state index contributed by atoms with van der Waals surface area (Å²) in [7, 11) is 0. The topological polar surface area (TPSA) is 37.0 Å². The van der Waals surface area contributed by atoms with Crippen molar-refractivity contribution >= 4 is 11.4 Å². The molecule has 2 N–H and O–H groups in total. The average molecular weight is 452 g/mol. The normalized spacial score (nSPS) is 16.4. The van der Waals surface area contributed by atoms with Crippen LogP contribution < -0.4 is 21.1 Å². The standard InChI is InChI=1S/C29H42FN3/c1-6-9-10-24(17-20(4)7-2)33-28-14-16-32-29(26-13-15-31-19-27(26)28)25-12-11-23(21(5)30)18-22(25)8-3/h11-13,15,18-21,24,32-33H,6-10,14,16-17H2,1-5H3. The van der Waals surface area contributed by atoms with E-state index in [1.807, 2.05) is 24.5 Å². The van der Waals surface area contributed by atoms with Gasteiger partial charge in [-0.15, -0.1) is 0 Å². The maximum absolute atomic E-state index is 14.0. The second-order valence-corrected chi connectivity index (χ2v) is 9.57. The number of nitrogens with one attached hydrogen (secondary N) is 2. The Kier molecular flexibility index (Phi) is 9.34. The quantitative estimate of drug-likeness (QED) is 0.472. The van der Waals surface area contributed by atoms with Crippen LogP contribution in [-0.4, -0.2) is 17.6 Å². The highest BCUT2D eigenvalue weighted by molar-refractivity contribution is 5.69. The molecule has 1 aliphatic rings. The lowest BCUT2D eigenvalue weighted by atomic mass is 9.95. The monoisotopic (exact) mass is 451 g/mol. The molecule has 3 rings (SSSR count). The van der Waals surface area contributed by atoms with E-state index in [2.05, 4.69) is 55.4 Å². The van der Waals surface area contributed by atoms with Crippen molar-refractivity contribution in [3.63, 3.8) is 0 Å². The lowest BCUT2D eigenvalue weighted by molar-refractivity contribution is 0.374. The molecule has 0 spiro atoms. The molecule has 33 heavy (non-hydrogen) atoms. The minimum absolute atomic E-state index is 0.487. The molecule has 0 fully saturated rings. The van der Waals surface area contributed by atoms with Crippen molar-refractivity contribution < 1.29 is 4.39 Å². The number of fused-ring (bicyclic) bond motifs is 1. The molecule has 4 heteroatoms. The second kappa shape index (κ2) is 12.2. The van der Waals surface area contributed by atoms with Crippen LogP contribution in [-0.2, 0) is 6.42 Å². The summed E-state index contributed by atoms with van der Waals surface area (Å²) in [5.41, 5.74) is 5.51. The lowest BCUT2D eigenvalue weighted by Gasteiger charge is -2.24. The summed E-state index contributed by atoms with van der Waals surface area (Å²) < 4.78 is 14.0. The Morgan fingerprint density at radius 3 is 2.64 bits per heavy atom. The van der Waals surface area contributed by atoms with Gasteiger partial charge >= 0.3 is 0 Å². The van der Waals surface area contributed by atoms with Crippen LogP contribution in [0.2, 0.25) is 0 Å². The Morgan fingerprint density at radius 1 is 1.12 bits per heavy atom. The van der Waals surface area contributed by atoms with E-state index in [1.165, 1.54) is 53.8 Å². The van der Waals surface area contributed by atoms with Gasteiger partial charge in [-0.2, -0.15) is 0 Å². The fourth-order valence-electron chi connectivity index (χ4n) is 4.78. The van der Waals surface area contributed by atoms with Gasteiger partial charge in [0.05, 0.1) is 0 Å². The molecule has 2 heterocycles. The molecule has 2 aromatic rings. The molecule has 0 aliphatic carbocycles. The maximum atomic E-state index is 14.0. The number of halogens is 1. The van der Waals surface area contributed by atoms with E-state index in [9.17, 15) is 4.39 Å². The van der Waals surface area contributed by atoms with Crippen LogP contribution in [0.15, 0.2) is 36.7 Å². The zero-order chi connectivity index (χ0) is 23.8. The van der Waals surface area contributed by atoms with Crippen molar-refractivity contribution in [3.05, 3.63) is 63.8 Å². The van der Waals surface area contributed by atoms with E-state index < -0.39 is 6.17 Å². The highest BCUT2D eigenvalue weighted by Crippen LogP contribution is 2.24. The van der Waals surface area contributed by atoms with Crippen molar-refractivity contribution in [2.24, 2.45) is 5.92 Å². The highest BCUT2D eigenvalue weighted by Gasteiger charge is 2.18. The highest BCUT2D eigenvalue weighted by atomic mass is 19.1. The molecule has 0 saturated heterocycles. The molecule has 3 nitrogen and oxygen atoms in total. The molecule has 0 saturated carbocycles. The van der Waals surface area contributed by atoms with Crippen molar-refractivity contribution in [3.8, 4) is 0 Å². The van der Waals surface area contributed by atoms with Crippen LogP contribution in [0.3, 0.4) is 0 Å². The fraction of sp³-hybridized carbons (Fsp3) is 0.552. The van der Waals surface area contributed by atoms with Crippen LogP contribution in [0.25, 0.3) is 11.4 Å². The van der Waals surface area contributed by atoms with Gasteiger partial charge in [-0.25, -0.2) is 4.39 Å². The number of hydrogen-bond donors (Lipinski definition) is 2. The molecule has 1 aromatic heterocycles. The minimum Gasteiger partial charge on any atom is -0.385 e. The predicted molar refractivity (Wildman–Crippen MR) is 138 cm³/mol. The van der Waals surface area contributed by atoms with Gasteiger partial charge in [-0.3, -0.25) is 4.98 Å². The summed E-state index contributed by atoms with van der Waals surface area (Å²) in [6.45, 7) is 11.5. The van der Waals surface area contributed by atoms with Gasteiger partial charge in [0.25, 0.3) is 0 Å². The third-order valence-corrected chi connectivity index (χ3v) is 7.00. The largest absolute Gasteiger partial charge is 0.385 e. The first-order valence-electron chi connectivity index (χ1n) is 12.9. The summed E-state index contributed by atoms with van der Waals surface area (Å²) in [5.74, 6) is 0.711. The second-order valence-electron chi connectivity index (χ2n) is 9.57. The first kappa shape index (κ1) is 25.3. The molecule has 0 bridgehead atoms. The summed E-state index contributed by atoms with van der Waals surface area (Å²) in [5, 5.41) is 10.0. The smallest absolute Gasteiger partial charge is 0.122 e. The number of nitrogens with zero attached hydrogens (tertiary/aromatic N) is 1. The van der Waals surface area contributed by atoms with Gasteiger partial charge in [0, 0.05) is 58.8 Å². The van der Waals surface area contributed by atoms with Gasteiger partial charge in [0.1, 0.15) is 6.17 Å². The number of hydrogen-bond acceptors (Lipinski definition) is 3. The van der Waals surface area contributed by atoms with Gasteiger partial charge in [-0.05, 0) is 49.3 Å². The number of benzene rings is 1. The Labute approximate surface area is 199 Å². The summed E-state index contributed by atoms with van der Waals surface area (Å²) in [6, 6.07) is 8.64. The fourth-order valence-corrected chi connectivity index (χ4v) is 4.78. The zero-order valence-corrected chi connectivity index (χ0v) is 21.2. The number of alkyl halides is 1. The summed E-state index contributed by atoms with van der Waals surface area (Å²) in [4.78, 5) is 4.49. The Bertz CT molecular complexity index is 1030. The maximum Gasteiger partial charge on any atom is 0.122 e. The molecule has 3 unspecified atom stereocenters. The predicted octanol–water partition coefficient (Wildman–Crippen LogP) is 5.52. The molecule has 180 valence electrons. The van der Waals surface area contributed by atoms with Crippen molar-refractivity contribution in [2.45, 2.75) is 91.8 Å². The van der Waals surface area contributed by atoms with Crippen molar-refractivity contribution in [1.82, 2.24) is 15.6 Å². The van der Waals surface area contributed by atoms with Crippen molar-refractivity contribution in [1.29, 1.82) is 0 Å². The Morgan fingerprint density at radius 2 is 1.94 bits per heavy atom. The number of rotatable bonds is 11. The molecular weight excluding hydrogens is 409 g/mol. The third kappa shape index (κ3) is 6.37. The molecule has 0 radical (unpaired) electrons. The van der Waals surface area contributed by atoms with E-state index in [1.54, 1.807) is 6.92 Å². The SMILES string of the molecule is CCCCC(CC(C)CC)NC1=c2cnccc2=C(c2ccc(C(C)F)cc2CC)NCC1. The van der Waals surface area contributed by atoms with Gasteiger partial charge in [0.15, 0.2) is 0 Å². The molecule has 0 amide bonds. The molecular formula is C29H42FN3. The zero-order valence-electron chi connectivity index (χ0n) is 21.2. The Balaban J connectivity index is 2.11. The minimum atomic E-state index is -0.956. The summed E-state index contributed by atoms with van der Waals surface area (Å²) in [6.07, 6.45) is 10.8. The average Bonchev–Trinajstić information content (AvgIpc) is 3.01. The van der Waals surface area contributed by atoms with E-state index in [4.69, 9.17) is 0 Å². The van der Waals surface area contributed by atoms with E-state index in [0.717, 1.165) is 36.2 Å². The van der Waals surface area contributed by atoms with Gasteiger partial charge in [-0.1, -0.05) is 65.2 Å². The number of aromatic nitrogens is 1. The van der Waals surface area contributed by atoms with Crippen LogP contribution in [0, 0.1) is 5.92 Å². The molecule has 1 aliphatic heterocycles. The molecule has 1 aromatic carbocycles. The summed E-state index contributed by atoms with van der Waals surface area (Å²) >= 11 is 0. The van der Waals surface area contributed by atoms with E-state index >= 15 is 0 Å². The molecule has 3 atom stereocenters. The number of pyridine rings is 1. The van der Waals surface area contributed by atoms with Crippen LogP contribution in [0.4, 0.5) is 4.39 Å². The van der Waals surface area contributed by atoms with Crippen LogP contribution >= 0.6 is 0 Å². The van der Waals surface area contributed by atoms with Crippen LogP contribution in [0.1, 0.15) is 96.0 Å². The van der Waals surface area contributed by atoms with Gasteiger partial charge < -0.3 is 10.6 Å². The lowest BCUT2D eigenvalue weighted by Crippen LogP contribution is -2.38. The number of unbranched alkanes of at least 4 members (excludes halogenated alkanes) is 1.